The van der Waals surface area contributed by atoms with Crippen LogP contribution in [0.15, 0.2) is 48.5 Å². The van der Waals surface area contributed by atoms with Crippen molar-refractivity contribution < 1.29 is 14.0 Å². The fourth-order valence-electron chi connectivity index (χ4n) is 3.82. The molecule has 1 fully saturated rings. The molecule has 0 radical (unpaired) electrons. The van der Waals surface area contributed by atoms with Crippen LogP contribution in [0.2, 0.25) is 0 Å². The molecule has 0 aliphatic carbocycles. The van der Waals surface area contributed by atoms with Crippen LogP contribution in [0, 0.1) is 5.82 Å². The van der Waals surface area contributed by atoms with E-state index in [9.17, 15) is 14.0 Å². The van der Waals surface area contributed by atoms with Gasteiger partial charge in [-0.25, -0.2) is 9.18 Å². The molecule has 5 nitrogen and oxygen atoms in total. The van der Waals surface area contributed by atoms with Crippen LogP contribution in [0.5, 0.6) is 0 Å². The van der Waals surface area contributed by atoms with E-state index in [1.807, 2.05) is 31.2 Å². The predicted molar refractivity (Wildman–Crippen MR) is 97.8 cm³/mol. The summed E-state index contributed by atoms with van der Waals surface area (Å²) in [6.45, 7) is 2.36. The van der Waals surface area contributed by atoms with E-state index in [0.29, 0.717) is 12.2 Å². The van der Waals surface area contributed by atoms with Crippen LogP contribution in [-0.2, 0) is 11.2 Å². The zero-order valence-corrected chi connectivity index (χ0v) is 14.5. The highest BCUT2D eigenvalue weighted by Crippen LogP contribution is 2.32. The Balaban J connectivity index is 1.47. The second-order valence-corrected chi connectivity index (χ2v) is 6.89. The van der Waals surface area contributed by atoms with Gasteiger partial charge in [-0.2, -0.15) is 0 Å². The Morgan fingerprint density at radius 3 is 2.77 bits per heavy atom. The highest BCUT2D eigenvalue weighted by Gasteiger charge is 2.35. The first kappa shape index (κ1) is 16.6. The SMILES string of the molecule is C[C@@H]1Cc2ccccc2N1C(=O)N[C@@H]1CC(=O)N(c2cccc(F)c2)C1. The summed E-state index contributed by atoms with van der Waals surface area (Å²) in [5.74, 6) is -0.499. The van der Waals surface area contributed by atoms with Gasteiger partial charge in [0, 0.05) is 30.4 Å². The Kier molecular flexibility index (Phi) is 4.11. The molecule has 1 N–H and O–H groups in total. The number of nitrogens with one attached hydrogen (secondary N) is 1. The molecule has 26 heavy (non-hydrogen) atoms. The van der Waals surface area contributed by atoms with Gasteiger partial charge in [-0.1, -0.05) is 24.3 Å². The lowest BCUT2D eigenvalue weighted by atomic mass is 10.1. The van der Waals surface area contributed by atoms with Gasteiger partial charge in [0.2, 0.25) is 5.91 Å². The Hall–Kier alpha value is -2.89. The normalized spacial score (nSPS) is 21.8. The second kappa shape index (κ2) is 6.44. The molecular formula is C20H20FN3O2. The third kappa shape index (κ3) is 2.92. The number of anilines is 2. The van der Waals surface area contributed by atoms with Crippen LogP contribution in [0.4, 0.5) is 20.6 Å². The Labute approximate surface area is 151 Å². The minimum atomic E-state index is -0.384. The van der Waals surface area contributed by atoms with Gasteiger partial charge >= 0.3 is 6.03 Å². The number of carbonyl (C=O) groups is 2. The molecule has 0 bridgehead atoms. The maximum atomic E-state index is 13.4. The van der Waals surface area contributed by atoms with Crippen molar-refractivity contribution in [3.63, 3.8) is 0 Å². The number of nitrogens with zero attached hydrogens (tertiary/aromatic N) is 2. The van der Waals surface area contributed by atoms with Crippen molar-refractivity contribution in [2.45, 2.75) is 31.8 Å². The molecule has 2 heterocycles. The van der Waals surface area contributed by atoms with Crippen LogP contribution >= 0.6 is 0 Å². The van der Waals surface area contributed by atoms with E-state index in [1.165, 1.54) is 17.0 Å². The van der Waals surface area contributed by atoms with E-state index >= 15 is 0 Å². The third-order valence-corrected chi connectivity index (χ3v) is 5.00. The van der Waals surface area contributed by atoms with Crippen molar-refractivity contribution in [2.24, 2.45) is 0 Å². The fourth-order valence-corrected chi connectivity index (χ4v) is 3.82. The van der Waals surface area contributed by atoms with Crippen LogP contribution in [0.1, 0.15) is 18.9 Å². The molecule has 1 saturated heterocycles. The largest absolute Gasteiger partial charge is 0.333 e. The van der Waals surface area contributed by atoms with Crippen molar-refractivity contribution in [3.05, 3.63) is 59.9 Å². The van der Waals surface area contributed by atoms with E-state index in [4.69, 9.17) is 0 Å². The van der Waals surface area contributed by atoms with Gasteiger partial charge < -0.3 is 10.2 Å². The van der Waals surface area contributed by atoms with E-state index in [1.54, 1.807) is 17.0 Å². The summed E-state index contributed by atoms with van der Waals surface area (Å²) in [5.41, 5.74) is 2.59. The van der Waals surface area contributed by atoms with Crippen LogP contribution in [-0.4, -0.2) is 30.6 Å². The number of rotatable bonds is 2. The van der Waals surface area contributed by atoms with Crippen LogP contribution in [0.25, 0.3) is 0 Å². The van der Waals surface area contributed by atoms with Gasteiger partial charge in [-0.15, -0.1) is 0 Å². The highest BCUT2D eigenvalue weighted by atomic mass is 19.1. The Morgan fingerprint density at radius 2 is 1.96 bits per heavy atom. The van der Waals surface area contributed by atoms with E-state index < -0.39 is 0 Å². The molecule has 6 heteroatoms. The quantitative estimate of drug-likeness (QED) is 0.902. The maximum absolute atomic E-state index is 13.4. The van der Waals surface area contributed by atoms with Gasteiger partial charge in [0.25, 0.3) is 0 Å². The smallest absolute Gasteiger partial charge is 0.322 e. The fraction of sp³-hybridized carbons (Fsp3) is 0.300. The van der Waals surface area contributed by atoms with Crippen molar-refractivity contribution in [3.8, 4) is 0 Å². The van der Waals surface area contributed by atoms with E-state index in [2.05, 4.69) is 5.32 Å². The zero-order valence-electron chi connectivity index (χ0n) is 14.5. The number of carbonyl (C=O) groups excluding carboxylic acids is 2. The molecule has 2 aromatic carbocycles. The molecule has 2 aliphatic heterocycles. The topological polar surface area (TPSA) is 52.7 Å². The maximum Gasteiger partial charge on any atom is 0.322 e. The summed E-state index contributed by atoms with van der Waals surface area (Å²) in [6, 6.07) is 13.4. The summed E-state index contributed by atoms with van der Waals surface area (Å²) in [4.78, 5) is 28.4. The van der Waals surface area contributed by atoms with Crippen molar-refractivity contribution in [2.75, 3.05) is 16.3 Å². The molecule has 0 spiro atoms. The number of halogens is 1. The zero-order chi connectivity index (χ0) is 18.3. The second-order valence-electron chi connectivity index (χ2n) is 6.89. The molecule has 3 amide bonds. The molecule has 134 valence electrons. The summed E-state index contributed by atoms with van der Waals surface area (Å²) >= 11 is 0. The number of benzene rings is 2. The third-order valence-electron chi connectivity index (χ3n) is 5.00. The summed E-state index contributed by atoms with van der Waals surface area (Å²) in [7, 11) is 0. The number of amides is 3. The van der Waals surface area contributed by atoms with Crippen molar-refractivity contribution >= 4 is 23.3 Å². The van der Waals surface area contributed by atoms with Crippen LogP contribution < -0.4 is 15.1 Å². The summed E-state index contributed by atoms with van der Waals surface area (Å²) < 4.78 is 13.4. The number of hydrogen-bond acceptors (Lipinski definition) is 2. The van der Waals surface area contributed by atoms with Crippen LogP contribution in [0.3, 0.4) is 0 Å². The molecule has 0 saturated carbocycles. The number of urea groups is 1. The molecule has 4 rings (SSSR count). The minimum Gasteiger partial charge on any atom is -0.333 e. The molecule has 0 aromatic heterocycles. The standard InChI is InChI=1S/C20H20FN3O2/c1-13-9-14-5-2-3-8-18(14)24(13)20(26)22-16-11-19(25)23(12-16)17-7-4-6-15(21)10-17/h2-8,10,13,16H,9,11-12H2,1H3,(H,22,26)/t13-,16-/m1/s1. The average Bonchev–Trinajstić information content (AvgIpc) is 3.13. The van der Waals surface area contributed by atoms with Crippen molar-refractivity contribution in [1.82, 2.24) is 5.32 Å². The average molecular weight is 353 g/mol. The first-order valence-corrected chi connectivity index (χ1v) is 8.76. The van der Waals surface area contributed by atoms with Gasteiger partial charge in [-0.3, -0.25) is 9.69 Å². The van der Waals surface area contributed by atoms with E-state index in [-0.39, 0.29) is 36.3 Å². The highest BCUT2D eigenvalue weighted by molar-refractivity contribution is 5.99. The first-order chi connectivity index (χ1) is 12.5. The molecule has 2 atom stereocenters. The molecule has 0 unspecified atom stereocenters. The van der Waals surface area contributed by atoms with Gasteiger partial charge in [0.15, 0.2) is 0 Å². The monoisotopic (exact) mass is 353 g/mol. The number of fused-ring (bicyclic) bond motifs is 1. The van der Waals surface area contributed by atoms with Gasteiger partial charge in [0.05, 0.1) is 6.04 Å². The van der Waals surface area contributed by atoms with Gasteiger partial charge in [0.1, 0.15) is 5.82 Å². The molecular weight excluding hydrogens is 333 g/mol. The Bertz CT molecular complexity index is 870. The number of para-hydroxylation sites is 1. The lowest BCUT2D eigenvalue weighted by Crippen LogP contribution is -2.48. The minimum absolute atomic E-state index is 0.0730. The lowest BCUT2D eigenvalue weighted by Gasteiger charge is -2.25. The molecule has 2 aliphatic rings. The van der Waals surface area contributed by atoms with E-state index in [0.717, 1.165) is 17.7 Å². The summed E-state index contributed by atoms with van der Waals surface area (Å²) in [5, 5.41) is 2.97. The van der Waals surface area contributed by atoms with Gasteiger partial charge in [-0.05, 0) is 43.2 Å². The molecule has 2 aromatic rings. The predicted octanol–water partition coefficient (Wildman–Crippen LogP) is 3.09. The van der Waals surface area contributed by atoms with Crippen molar-refractivity contribution in [1.29, 1.82) is 0 Å². The summed E-state index contributed by atoms with van der Waals surface area (Å²) in [6.07, 6.45) is 1.04. The number of hydrogen-bond donors (Lipinski definition) is 1. The first-order valence-electron chi connectivity index (χ1n) is 8.76. The Morgan fingerprint density at radius 1 is 1.15 bits per heavy atom. The lowest BCUT2D eigenvalue weighted by molar-refractivity contribution is -0.117.